The van der Waals surface area contributed by atoms with Crippen LogP contribution in [0.3, 0.4) is 0 Å². The van der Waals surface area contributed by atoms with Gasteiger partial charge in [0.25, 0.3) is 5.91 Å². The molecule has 1 heterocycles. The summed E-state index contributed by atoms with van der Waals surface area (Å²) in [5.41, 5.74) is 2.46. The van der Waals surface area contributed by atoms with Crippen LogP contribution in [0.2, 0.25) is 0 Å². The Morgan fingerprint density at radius 2 is 1.79 bits per heavy atom. The summed E-state index contributed by atoms with van der Waals surface area (Å²) in [6, 6.07) is 16.6. The third-order valence-corrected chi connectivity index (χ3v) is 6.77. The minimum absolute atomic E-state index is 0.182. The quantitative estimate of drug-likeness (QED) is 0.693. The van der Waals surface area contributed by atoms with Crippen molar-refractivity contribution >= 4 is 26.8 Å². The molecule has 0 saturated carbocycles. The molecule has 0 radical (unpaired) electrons. The summed E-state index contributed by atoms with van der Waals surface area (Å²) in [7, 11) is 1.28. The zero-order chi connectivity index (χ0) is 20.5. The monoisotopic (exact) mass is 399 g/mol. The van der Waals surface area contributed by atoms with Crippen LogP contribution in [0, 0.1) is 0 Å². The predicted octanol–water partition coefficient (Wildman–Crippen LogP) is 2.96. The lowest BCUT2D eigenvalue weighted by Gasteiger charge is -2.13. The van der Waals surface area contributed by atoms with Gasteiger partial charge in [0, 0.05) is 38.6 Å². The fourth-order valence-corrected chi connectivity index (χ4v) is 4.09. The standard InChI is InChI=1S/C21H25N3O3S/c1-15(16-8-6-5-7-9-16)14-22-21(25)20-13-17-12-18(28(26,27)23(2)3)10-11-19(17)24(20)4/h5-13,15H,14H2,1-4H3,(H,22,25)/t15-/m0/s1. The number of amides is 1. The van der Waals surface area contributed by atoms with Crippen LogP contribution in [0.5, 0.6) is 0 Å². The van der Waals surface area contributed by atoms with Gasteiger partial charge in [-0.2, -0.15) is 0 Å². The van der Waals surface area contributed by atoms with Crippen molar-refractivity contribution in [1.82, 2.24) is 14.2 Å². The Balaban J connectivity index is 1.83. The van der Waals surface area contributed by atoms with Crippen LogP contribution in [0.4, 0.5) is 0 Å². The Kier molecular flexibility index (Phi) is 5.58. The Bertz CT molecular complexity index is 1100. The Hall–Kier alpha value is -2.64. The van der Waals surface area contributed by atoms with Crippen molar-refractivity contribution < 1.29 is 13.2 Å². The first-order valence-electron chi connectivity index (χ1n) is 9.07. The summed E-state index contributed by atoms with van der Waals surface area (Å²) in [6.07, 6.45) is 0. The third-order valence-electron chi connectivity index (χ3n) is 4.96. The van der Waals surface area contributed by atoms with E-state index in [1.54, 1.807) is 35.9 Å². The van der Waals surface area contributed by atoms with E-state index in [9.17, 15) is 13.2 Å². The lowest BCUT2D eigenvalue weighted by Crippen LogP contribution is -2.28. The molecule has 1 N–H and O–H groups in total. The molecule has 2 aromatic carbocycles. The van der Waals surface area contributed by atoms with E-state index in [0.717, 1.165) is 5.52 Å². The summed E-state index contributed by atoms with van der Waals surface area (Å²) in [5.74, 6) is 0.00942. The van der Waals surface area contributed by atoms with Crippen LogP contribution < -0.4 is 5.32 Å². The van der Waals surface area contributed by atoms with Crippen LogP contribution in [-0.4, -0.2) is 43.8 Å². The Morgan fingerprint density at radius 1 is 1.11 bits per heavy atom. The first kappa shape index (κ1) is 20.1. The zero-order valence-corrected chi connectivity index (χ0v) is 17.3. The van der Waals surface area contributed by atoms with E-state index in [1.807, 2.05) is 30.3 Å². The van der Waals surface area contributed by atoms with Gasteiger partial charge in [-0.15, -0.1) is 0 Å². The normalized spacial score (nSPS) is 13.0. The topological polar surface area (TPSA) is 71.4 Å². The second kappa shape index (κ2) is 7.77. The third kappa shape index (κ3) is 3.81. The molecule has 0 fully saturated rings. The maximum absolute atomic E-state index is 12.7. The van der Waals surface area contributed by atoms with E-state index < -0.39 is 10.0 Å². The molecule has 1 atom stereocenters. The van der Waals surface area contributed by atoms with Crippen LogP contribution in [-0.2, 0) is 17.1 Å². The molecule has 3 aromatic rings. The molecule has 148 valence electrons. The SMILES string of the molecule is C[C@@H](CNC(=O)c1cc2cc(S(=O)(=O)N(C)C)ccc2n1C)c1ccccc1. The van der Waals surface area contributed by atoms with Gasteiger partial charge >= 0.3 is 0 Å². The number of hydrogen-bond acceptors (Lipinski definition) is 3. The molecular formula is C21H25N3O3S. The number of carbonyl (C=O) groups excluding carboxylic acids is 1. The smallest absolute Gasteiger partial charge is 0.267 e. The second-order valence-electron chi connectivity index (χ2n) is 7.12. The van der Waals surface area contributed by atoms with Gasteiger partial charge in [0.15, 0.2) is 0 Å². The van der Waals surface area contributed by atoms with Crippen molar-refractivity contribution in [2.75, 3.05) is 20.6 Å². The Morgan fingerprint density at radius 3 is 2.43 bits per heavy atom. The van der Waals surface area contributed by atoms with Gasteiger partial charge in [-0.3, -0.25) is 4.79 Å². The van der Waals surface area contributed by atoms with E-state index in [4.69, 9.17) is 0 Å². The molecule has 1 amide bonds. The largest absolute Gasteiger partial charge is 0.350 e. The maximum atomic E-state index is 12.7. The highest BCUT2D eigenvalue weighted by atomic mass is 32.2. The van der Waals surface area contributed by atoms with Gasteiger partial charge in [0.1, 0.15) is 5.69 Å². The van der Waals surface area contributed by atoms with Crippen molar-refractivity contribution in [2.24, 2.45) is 7.05 Å². The lowest BCUT2D eigenvalue weighted by atomic mass is 10.0. The molecule has 0 saturated heterocycles. The van der Waals surface area contributed by atoms with E-state index >= 15 is 0 Å². The highest BCUT2D eigenvalue weighted by Gasteiger charge is 2.20. The first-order chi connectivity index (χ1) is 13.2. The fraction of sp³-hybridized carbons (Fsp3) is 0.286. The maximum Gasteiger partial charge on any atom is 0.267 e. The first-order valence-corrected chi connectivity index (χ1v) is 10.5. The summed E-state index contributed by atoms with van der Waals surface area (Å²) < 4.78 is 27.7. The van der Waals surface area contributed by atoms with E-state index in [1.165, 1.54) is 24.0 Å². The van der Waals surface area contributed by atoms with Crippen molar-refractivity contribution in [1.29, 1.82) is 0 Å². The molecular weight excluding hydrogens is 374 g/mol. The summed E-state index contributed by atoms with van der Waals surface area (Å²) in [4.78, 5) is 12.9. The number of aryl methyl sites for hydroxylation is 1. The summed E-state index contributed by atoms with van der Waals surface area (Å²) in [6.45, 7) is 2.58. The zero-order valence-electron chi connectivity index (χ0n) is 16.5. The van der Waals surface area contributed by atoms with Crippen LogP contribution in [0.1, 0.15) is 28.9 Å². The van der Waals surface area contributed by atoms with Crippen molar-refractivity contribution in [2.45, 2.75) is 17.7 Å². The molecule has 3 rings (SSSR count). The molecule has 1 aromatic heterocycles. The van der Waals surface area contributed by atoms with Crippen molar-refractivity contribution in [3.05, 3.63) is 65.9 Å². The number of aromatic nitrogens is 1. The number of carbonyl (C=O) groups is 1. The molecule has 0 aliphatic carbocycles. The molecule has 0 unspecified atom stereocenters. The second-order valence-corrected chi connectivity index (χ2v) is 9.27. The number of nitrogens with one attached hydrogen (secondary N) is 1. The predicted molar refractivity (Wildman–Crippen MR) is 111 cm³/mol. The molecule has 6 nitrogen and oxygen atoms in total. The number of nitrogens with zero attached hydrogens (tertiary/aromatic N) is 2. The van der Waals surface area contributed by atoms with E-state index in [0.29, 0.717) is 17.6 Å². The van der Waals surface area contributed by atoms with Gasteiger partial charge < -0.3 is 9.88 Å². The number of sulfonamides is 1. The van der Waals surface area contributed by atoms with Gasteiger partial charge in [0.2, 0.25) is 10.0 Å². The molecule has 0 bridgehead atoms. The average Bonchev–Trinajstić information content (AvgIpc) is 3.02. The molecule has 7 heteroatoms. The number of rotatable bonds is 6. The summed E-state index contributed by atoms with van der Waals surface area (Å²) in [5, 5.41) is 3.69. The van der Waals surface area contributed by atoms with Gasteiger partial charge in [0.05, 0.1) is 4.90 Å². The highest BCUT2D eigenvalue weighted by molar-refractivity contribution is 7.89. The lowest BCUT2D eigenvalue weighted by molar-refractivity contribution is 0.0944. The van der Waals surface area contributed by atoms with Crippen LogP contribution in [0.15, 0.2) is 59.5 Å². The summed E-state index contributed by atoms with van der Waals surface area (Å²) >= 11 is 0. The van der Waals surface area contributed by atoms with Crippen molar-refractivity contribution in [3.8, 4) is 0 Å². The van der Waals surface area contributed by atoms with E-state index in [2.05, 4.69) is 12.2 Å². The van der Waals surface area contributed by atoms with Gasteiger partial charge in [-0.05, 0) is 35.7 Å². The molecule has 0 aliphatic rings. The fourth-order valence-electron chi connectivity index (χ4n) is 3.15. The molecule has 0 aliphatic heterocycles. The van der Waals surface area contributed by atoms with Crippen LogP contribution >= 0.6 is 0 Å². The number of benzene rings is 2. The minimum Gasteiger partial charge on any atom is -0.350 e. The van der Waals surface area contributed by atoms with Gasteiger partial charge in [-0.25, -0.2) is 12.7 Å². The average molecular weight is 400 g/mol. The highest BCUT2D eigenvalue weighted by Crippen LogP contribution is 2.24. The van der Waals surface area contributed by atoms with Crippen LogP contribution in [0.25, 0.3) is 10.9 Å². The van der Waals surface area contributed by atoms with E-state index in [-0.39, 0.29) is 16.7 Å². The minimum atomic E-state index is -3.52. The number of hydrogen-bond donors (Lipinski definition) is 1. The molecule has 28 heavy (non-hydrogen) atoms. The van der Waals surface area contributed by atoms with Gasteiger partial charge in [-0.1, -0.05) is 37.3 Å². The van der Waals surface area contributed by atoms with Crippen molar-refractivity contribution in [3.63, 3.8) is 0 Å². The molecule has 0 spiro atoms. The number of fused-ring (bicyclic) bond motifs is 1. The Labute approximate surface area is 165 Å².